The van der Waals surface area contributed by atoms with Gasteiger partial charge in [-0.05, 0) is 19.1 Å². The first-order valence-corrected chi connectivity index (χ1v) is 4.46. The molecule has 0 aromatic carbocycles. The predicted octanol–water partition coefficient (Wildman–Crippen LogP) is 1.02. The topological polar surface area (TPSA) is 42.0 Å². The maximum Gasteiger partial charge on any atom is 0.217 e. The Kier molecular flexibility index (Phi) is 3.81. The monoisotopic (exact) mass is 206 g/mol. The van der Waals surface area contributed by atoms with Crippen molar-refractivity contribution < 1.29 is 9.18 Å². The van der Waals surface area contributed by atoms with Crippen molar-refractivity contribution >= 4 is 5.91 Å². The van der Waals surface area contributed by atoms with Crippen molar-refractivity contribution in [1.82, 2.24) is 10.3 Å². The largest absolute Gasteiger partial charge is 0.345 e. The summed E-state index contributed by atoms with van der Waals surface area (Å²) in [5.41, 5.74) is 1.21. The molecule has 1 aromatic heterocycles. The zero-order valence-corrected chi connectivity index (χ0v) is 8.60. The molecule has 1 amide bonds. The number of carbonyl (C=O) groups is 1. The molecule has 0 radical (unpaired) electrons. The standard InChI is InChI=1S/C11H11FN2O/c1-8-10(5-6-11(12)14-8)4-3-7-13-9(2)15/h5-6H,7H2,1-2H3,(H,13,15). The van der Waals surface area contributed by atoms with Crippen LogP contribution in [0, 0.1) is 24.7 Å². The van der Waals surface area contributed by atoms with Crippen molar-refractivity contribution in [1.29, 1.82) is 0 Å². The van der Waals surface area contributed by atoms with Gasteiger partial charge >= 0.3 is 0 Å². The Labute approximate surface area is 87.7 Å². The van der Waals surface area contributed by atoms with Crippen LogP contribution in [0.2, 0.25) is 0 Å². The summed E-state index contributed by atoms with van der Waals surface area (Å²) in [5, 5.41) is 2.54. The predicted molar refractivity (Wildman–Crippen MR) is 54.5 cm³/mol. The minimum absolute atomic E-state index is 0.127. The Morgan fingerprint density at radius 3 is 2.93 bits per heavy atom. The fraction of sp³-hybridized carbons (Fsp3) is 0.273. The zero-order chi connectivity index (χ0) is 11.3. The highest BCUT2D eigenvalue weighted by Crippen LogP contribution is 2.03. The number of nitrogens with zero attached hydrogens (tertiary/aromatic N) is 1. The highest BCUT2D eigenvalue weighted by molar-refractivity contribution is 5.73. The van der Waals surface area contributed by atoms with Crippen LogP contribution in [0.1, 0.15) is 18.2 Å². The lowest BCUT2D eigenvalue weighted by Crippen LogP contribution is -2.19. The summed E-state index contributed by atoms with van der Waals surface area (Å²) < 4.78 is 12.6. The molecule has 0 aliphatic carbocycles. The van der Waals surface area contributed by atoms with E-state index in [0.29, 0.717) is 11.3 Å². The third-order valence-corrected chi connectivity index (χ3v) is 1.70. The van der Waals surface area contributed by atoms with E-state index in [2.05, 4.69) is 22.1 Å². The van der Waals surface area contributed by atoms with Crippen molar-refractivity contribution in [2.75, 3.05) is 6.54 Å². The van der Waals surface area contributed by atoms with E-state index in [-0.39, 0.29) is 12.5 Å². The van der Waals surface area contributed by atoms with Gasteiger partial charge in [0.25, 0.3) is 0 Å². The lowest BCUT2D eigenvalue weighted by molar-refractivity contribution is -0.118. The molecular weight excluding hydrogens is 195 g/mol. The van der Waals surface area contributed by atoms with Crippen molar-refractivity contribution in [2.24, 2.45) is 0 Å². The number of hydrogen-bond donors (Lipinski definition) is 1. The van der Waals surface area contributed by atoms with Crippen molar-refractivity contribution in [3.63, 3.8) is 0 Å². The maximum atomic E-state index is 12.6. The molecule has 1 N–H and O–H groups in total. The third kappa shape index (κ3) is 3.77. The first kappa shape index (κ1) is 11.2. The molecule has 0 unspecified atom stereocenters. The van der Waals surface area contributed by atoms with Crippen molar-refractivity contribution in [2.45, 2.75) is 13.8 Å². The Morgan fingerprint density at radius 2 is 2.33 bits per heavy atom. The number of halogens is 1. The van der Waals surface area contributed by atoms with Gasteiger partial charge in [-0.25, -0.2) is 4.98 Å². The van der Waals surface area contributed by atoms with E-state index in [4.69, 9.17) is 0 Å². The van der Waals surface area contributed by atoms with E-state index >= 15 is 0 Å². The molecule has 1 aromatic rings. The van der Waals surface area contributed by atoms with Gasteiger partial charge in [0, 0.05) is 12.5 Å². The number of nitrogens with one attached hydrogen (secondary N) is 1. The molecular formula is C11H11FN2O. The Balaban J connectivity index is 2.67. The number of aryl methyl sites for hydroxylation is 1. The van der Waals surface area contributed by atoms with Gasteiger partial charge < -0.3 is 5.32 Å². The number of aromatic nitrogens is 1. The SMILES string of the molecule is CC(=O)NCC#Cc1ccc(F)nc1C. The minimum atomic E-state index is -0.514. The van der Waals surface area contributed by atoms with Gasteiger partial charge in [-0.3, -0.25) is 4.79 Å². The van der Waals surface area contributed by atoms with E-state index in [0.717, 1.165) is 0 Å². The lowest BCUT2D eigenvalue weighted by atomic mass is 10.2. The molecule has 4 heteroatoms. The van der Waals surface area contributed by atoms with Crippen LogP contribution in [-0.4, -0.2) is 17.4 Å². The molecule has 0 bridgehead atoms. The second-order valence-electron chi connectivity index (χ2n) is 2.98. The van der Waals surface area contributed by atoms with Crippen LogP contribution in [0.4, 0.5) is 4.39 Å². The highest BCUT2D eigenvalue weighted by atomic mass is 19.1. The number of carbonyl (C=O) groups excluding carboxylic acids is 1. The first-order valence-electron chi connectivity index (χ1n) is 4.46. The fourth-order valence-corrected chi connectivity index (χ4v) is 0.971. The van der Waals surface area contributed by atoms with Crippen LogP contribution in [0.25, 0.3) is 0 Å². The molecule has 3 nitrogen and oxygen atoms in total. The molecule has 0 aliphatic heterocycles. The van der Waals surface area contributed by atoms with Crippen LogP contribution in [0.3, 0.4) is 0 Å². The van der Waals surface area contributed by atoms with Crippen LogP contribution in [-0.2, 0) is 4.79 Å². The Bertz CT molecular complexity index is 432. The van der Waals surface area contributed by atoms with Gasteiger partial charge in [0.1, 0.15) is 0 Å². The summed E-state index contributed by atoms with van der Waals surface area (Å²) in [4.78, 5) is 14.2. The normalized spacial score (nSPS) is 9.00. The molecule has 1 rings (SSSR count). The second-order valence-corrected chi connectivity index (χ2v) is 2.98. The van der Waals surface area contributed by atoms with E-state index in [9.17, 15) is 9.18 Å². The lowest BCUT2D eigenvalue weighted by Gasteiger charge is -1.96. The van der Waals surface area contributed by atoms with Crippen LogP contribution in [0.15, 0.2) is 12.1 Å². The summed E-state index contributed by atoms with van der Waals surface area (Å²) in [5.74, 6) is 4.91. The highest BCUT2D eigenvalue weighted by Gasteiger charge is 1.97. The molecule has 0 spiro atoms. The van der Waals surface area contributed by atoms with Gasteiger partial charge in [-0.2, -0.15) is 4.39 Å². The zero-order valence-electron chi connectivity index (χ0n) is 8.60. The van der Waals surface area contributed by atoms with Crippen LogP contribution >= 0.6 is 0 Å². The molecule has 1 heterocycles. The maximum absolute atomic E-state index is 12.6. The molecule has 78 valence electrons. The number of pyridine rings is 1. The summed E-state index contributed by atoms with van der Waals surface area (Å²) in [6, 6.07) is 2.83. The number of amides is 1. The smallest absolute Gasteiger partial charge is 0.217 e. The summed E-state index contributed by atoms with van der Waals surface area (Å²) >= 11 is 0. The van der Waals surface area contributed by atoms with Gasteiger partial charge in [0.2, 0.25) is 11.9 Å². The van der Waals surface area contributed by atoms with E-state index < -0.39 is 5.95 Å². The quantitative estimate of drug-likeness (QED) is 0.550. The molecule has 15 heavy (non-hydrogen) atoms. The molecule has 0 fully saturated rings. The first-order chi connectivity index (χ1) is 7.09. The Morgan fingerprint density at radius 1 is 1.60 bits per heavy atom. The van der Waals surface area contributed by atoms with E-state index in [1.165, 1.54) is 13.0 Å². The average molecular weight is 206 g/mol. The number of hydrogen-bond acceptors (Lipinski definition) is 2. The molecule has 0 saturated carbocycles. The van der Waals surface area contributed by atoms with E-state index in [1.807, 2.05) is 0 Å². The summed E-state index contributed by atoms with van der Waals surface area (Å²) in [6.07, 6.45) is 0. The summed E-state index contributed by atoms with van der Waals surface area (Å²) in [7, 11) is 0. The summed E-state index contributed by atoms with van der Waals surface area (Å²) in [6.45, 7) is 3.39. The second kappa shape index (κ2) is 5.11. The molecule has 0 aliphatic rings. The van der Waals surface area contributed by atoms with Crippen LogP contribution in [0.5, 0.6) is 0 Å². The van der Waals surface area contributed by atoms with Crippen molar-refractivity contribution in [3.05, 3.63) is 29.3 Å². The number of rotatable bonds is 1. The third-order valence-electron chi connectivity index (χ3n) is 1.70. The molecule has 0 saturated heterocycles. The minimum Gasteiger partial charge on any atom is -0.345 e. The van der Waals surface area contributed by atoms with Gasteiger partial charge in [0.15, 0.2) is 0 Å². The fourth-order valence-electron chi connectivity index (χ4n) is 0.971. The van der Waals surface area contributed by atoms with Gasteiger partial charge in [-0.15, -0.1) is 0 Å². The van der Waals surface area contributed by atoms with Crippen LogP contribution < -0.4 is 5.32 Å². The van der Waals surface area contributed by atoms with Gasteiger partial charge in [-0.1, -0.05) is 11.8 Å². The van der Waals surface area contributed by atoms with E-state index in [1.54, 1.807) is 13.0 Å². The van der Waals surface area contributed by atoms with Gasteiger partial charge in [0.05, 0.1) is 12.2 Å². The Hall–Kier alpha value is -1.89. The van der Waals surface area contributed by atoms with Crippen molar-refractivity contribution in [3.8, 4) is 11.8 Å². The molecule has 0 atom stereocenters. The average Bonchev–Trinajstić information content (AvgIpc) is 2.14.